The van der Waals surface area contributed by atoms with Crippen LogP contribution in [0, 0.1) is 6.92 Å². The highest BCUT2D eigenvalue weighted by Crippen LogP contribution is 2.38. The molecule has 220 valence electrons. The molecule has 0 bridgehead atoms. The van der Waals surface area contributed by atoms with Crippen LogP contribution < -0.4 is 22.5 Å². The number of aliphatic hydroxyl groups excluding tert-OH is 3. The number of aromatic amines is 2. The van der Waals surface area contributed by atoms with Crippen molar-refractivity contribution in [3.8, 4) is 0 Å². The molecule has 0 spiro atoms. The maximum atomic E-state index is 11.7. The molecule has 2 aliphatic rings. The standard InChI is InChI=1S/C10H13N5O4.C10H15N2O8P/c1-5-3-15(10(18)12-9(5)17)8-2-6(13-14-11)7(4-16)19-8;1-21(17,18)19-4-5-7(14)8(15)9(20-5)12-3-2-6(13)11-10(12)16/h3,6-8,16H,2,4H2,1H3,(H,12,17,18);2-3,5,7-9,14-15H,4H2,1H3,(H,17,18)(H,11,13,16)/t6-,7+,8+;5-,7-,8-,9-/m01/s1. The van der Waals surface area contributed by atoms with Crippen molar-refractivity contribution in [1.82, 2.24) is 19.1 Å². The zero-order valence-electron chi connectivity index (χ0n) is 21.1. The van der Waals surface area contributed by atoms with E-state index in [4.69, 9.17) is 25.0 Å². The highest BCUT2D eigenvalue weighted by Gasteiger charge is 2.44. The van der Waals surface area contributed by atoms with E-state index in [1.165, 1.54) is 10.8 Å². The monoisotopic (exact) mass is 589 g/mol. The van der Waals surface area contributed by atoms with Gasteiger partial charge in [-0.3, -0.25) is 33.3 Å². The Balaban J connectivity index is 0.000000222. The minimum atomic E-state index is -3.76. The van der Waals surface area contributed by atoms with E-state index in [1.807, 2.05) is 4.98 Å². The molecule has 1 unspecified atom stereocenters. The van der Waals surface area contributed by atoms with Gasteiger partial charge in [-0.15, -0.1) is 0 Å². The molecule has 0 aliphatic carbocycles. The molecule has 19 nitrogen and oxygen atoms in total. The molecule has 0 radical (unpaired) electrons. The van der Waals surface area contributed by atoms with Crippen molar-refractivity contribution in [2.75, 3.05) is 19.9 Å². The van der Waals surface area contributed by atoms with Crippen LogP contribution in [0.25, 0.3) is 10.4 Å². The largest absolute Gasteiger partial charge is 0.394 e. The number of hydrogen-bond donors (Lipinski definition) is 6. The Kier molecular flexibility index (Phi) is 10.0. The lowest BCUT2D eigenvalue weighted by atomic mass is 10.1. The van der Waals surface area contributed by atoms with Gasteiger partial charge in [-0.05, 0) is 12.5 Å². The summed E-state index contributed by atoms with van der Waals surface area (Å²) in [6.45, 7) is 1.79. The third kappa shape index (κ3) is 7.42. The maximum Gasteiger partial charge on any atom is 0.330 e. The molecular weight excluding hydrogens is 561 g/mol. The Labute approximate surface area is 223 Å². The lowest BCUT2D eigenvalue weighted by Gasteiger charge is -2.16. The van der Waals surface area contributed by atoms with Crippen LogP contribution in [0.3, 0.4) is 0 Å². The van der Waals surface area contributed by atoms with Gasteiger partial charge in [0.2, 0.25) is 0 Å². The lowest BCUT2D eigenvalue weighted by Crippen LogP contribution is -2.37. The third-order valence-electron chi connectivity index (χ3n) is 5.98. The van der Waals surface area contributed by atoms with Crippen LogP contribution in [0.4, 0.5) is 0 Å². The summed E-state index contributed by atoms with van der Waals surface area (Å²) >= 11 is 0. The van der Waals surface area contributed by atoms with E-state index < -0.39 is 79.6 Å². The van der Waals surface area contributed by atoms with Crippen LogP contribution in [-0.2, 0) is 18.6 Å². The summed E-state index contributed by atoms with van der Waals surface area (Å²) in [4.78, 5) is 61.4. The van der Waals surface area contributed by atoms with Gasteiger partial charge in [0, 0.05) is 42.0 Å². The number of hydrogen-bond acceptors (Lipinski definition) is 12. The fourth-order valence-electron chi connectivity index (χ4n) is 3.97. The summed E-state index contributed by atoms with van der Waals surface area (Å²) in [6.07, 6.45) is -3.77. The third-order valence-corrected chi connectivity index (χ3v) is 6.61. The van der Waals surface area contributed by atoms with Crippen LogP contribution in [0.2, 0.25) is 0 Å². The molecule has 0 aromatic carbocycles. The molecule has 2 aromatic heterocycles. The van der Waals surface area contributed by atoms with Crippen molar-refractivity contribution in [3.05, 3.63) is 76.1 Å². The van der Waals surface area contributed by atoms with Gasteiger partial charge < -0.3 is 34.2 Å². The summed E-state index contributed by atoms with van der Waals surface area (Å²) in [5.74, 6) is 0. The topological polar surface area (TPSA) is 284 Å². The van der Waals surface area contributed by atoms with Crippen molar-refractivity contribution >= 4 is 7.60 Å². The first-order valence-corrected chi connectivity index (χ1v) is 13.7. The van der Waals surface area contributed by atoms with E-state index in [0.717, 1.165) is 23.5 Å². The summed E-state index contributed by atoms with van der Waals surface area (Å²) in [5.41, 5.74) is 6.33. The molecule has 2 fully saturated rings. The quantitative estimate of drug-likeness (QED) is 0.0867. The predicted octanol–water partition coefficient (Wildman–Crippen LogP) is -2.21. The predicted molar refractivity (Wildman–Crippen MR) is 134 cm³/mol. The van der Waals surface area contributed by atoms with E-state index in [1.54, 1.807) is 6.92 Å². The first-order chi connectivity index (χ1) is 18.7. The molecule has 4 rings (SSSR count). The average molecular weight is 589 g/mol. The molecule has 0 saturated carbocycles. The number of nitrogens with zero attached hydrogens (tertiary/aromatic N) is 5. The van der Waals surface area contributed by atoms with Gasteiger partial charge in [-0.2, -0.15) is 0 Å². The molecular formula is C20H28N7O12P. The van der Waals surface area contributed by atoms with Gasteiger partial charge in [0.25, 0.3) is 11.1 Å². The molecule has 2 aromatic rings. The second-order valence-electron chi connectivity index (χ2n) is 8.96. The second-order valence-corrected chi connectivity index (χ2v) is 10.8. The van der Waals surface area contributed by atoms with Gasteiger partial charge in [0.05, 0.1) is 25.4 Å². The Morgan fingerprint density at radius 2 is 1.82 bits per heavy atom. The normalized spacial score (nSPS) is 29.2. The van der Waals surface area contributed by atoms with Gasteiger partial charge in [0.15, 0.2) is 6.23 Å². The minimum absolute atomic E-state index is 0.265. The molecule has 20 heteroatoms. The number of aliphatic hydroxyl groups is 3. The van der Waals surface area contributed by atoms with Gasteiger partial charge in [0.1, 0.15) is 24.5 Å². The zero-order chi connectivity index (χ0) is 29.8. The van der Waals surface area contributed by atoms with Gasteiger partial charge in [-0.25, -0.2) is 9.59 Å². The SMILES string of the molecule is CP(=O)(O)OC[C@H]1O[C@@H](n2ccc(=O)[nH]c2=O)[C@H](O)[C@@H]1O.Cc1cn([C@H]2C[C@H](N=[N+]=[N-])[C@@H](CO)O2)c(=O)[nH]c1=O. The van der Waals surface area contributed by atoms with E-state index >= 15 is 0 Å². The van der Waals surface area contributed by atoms with Crippen molar-refractivity contribution < 1.29 is 38.8 Å². The smallest absolute Gasteiger partial charge is 0.330 e. The first-order valence-electron chi connectivity index (χ1n) is 11.7. The Bertz CT molecular complexity index is 1520. The number of rotatable bonds is 7. The van der Waals surface area contributed by atoms with E-state index in [2.05, 4.69) is 19.5 Å². The highest BCUT2D eigenvalue weighted by molar-refractivity contribution is 7.51. The number of H-pyrrole nitrogens is 2. The molecule has 4 heterocycles. The van der Waals surface area contributed by atoms with Crippen LogP contribution >= 0.6 is 7.60 Å². The van der Waals surface area contributed by atoms with Gasteiger partial charge >= 0.3 is 19.0 Å². The van der Waals surface area contributed by atoms with Gasteiger partial charge in [-0.1, -0.05) is 5.11 Å². The molecule has 2 aliphatic heterocycles. The first kappa shape index (κ1) is 31.2. The average Bonchev–Trinajstić information content (AvgIpc) is 3.41. The Morgan fingerprint density at radius 1 is 1.15 bits per heavy atom. The van der Waals surface area contributed by atoms with E-state index in [0.29, 0.717) is 5.56 Å². The second kappa shape index (κ2) is 12.9. The summed E-state index contributed by atoms with van der Waals surface area (Å²) in [5, 5.41) is 32.4. The molecule has 8 atom stereocenters. The van der Waals surface area contributed by atoms with Crippen molar-refractivity contribution in [1.29, 1.82) is 0 Å². The van der Waals surface area contributed by atoms with Crippen molar-refractivity contribution in [3.63, 3.8) is 0 Å². The summed E-state index contributed by atoms with van der Waals surface area (Å²) in [7, 11) is -3.76. The van der Waals surface area contributed by atoms with E-state index in [9.17, 15) is 34.0 Å². The van der Waals surface area contributed by atoms with Crippen LogP contribution in [-0.4, -0.2) is 89.7 Å². The number of nitrogens with one attached hydrogen (secondary N) is 2. The minimum Gasteiger partial charge on any atom is -0.394 e. The number of ether oxygens (including phenoxy) is 2. The molecule has 6 N–H and O–H groups in total. The zero-order valence-corrected chi connectivity index (χ0v) is 22.0. The van der Waals surface area contributed by atoms with Crippen molar-refractivity contribution in [2.24, 2.45) is 5.11 Å². The number of aryl methyl sites for hydroxylation is 1. The van der Waals surface area contributed by atoms with Crippen LogP contribution in [0.5, 0.6) is 0 Å². The molecule has 40 heavy (non-hydrogen) atoms. The Morgan fingerprint density at radius 3 is 2.42 bits per heavy atom. The highest BCUT2D eigenvalue weighted by atomic mass is 31.2. The maximum absolute atomic E-state index is 11.7. The Hall–Kier alpha value is -3.38. The molecule has 0 amide bonds. The summed E-state index contributed by atoms with van der Waals surface area (Å²) in [6, 6.07) is 0.515. The lowest BCUT2D eigenvalue weighted by molar-refractivity contribution is -0.0523. The summed E-state index contributed by atoms with van der Waals surface area (Å²) < 4.78 is 28.5. The van der Waals surface area contributed by atoms with Crippen LogP contribution in [0.1, 0.15) is 24.4 Å². The molecule has 2 saturated heterocycles. The van der Waals surface area contributed by atoms with E-state index in [-0.39, 0.29) is 13.0 Å². The fourth-order valence-corrected chi connectivity index (χ4v) is 4.40. The van der Waals surface area contributed by atoms with Crippen molar-refractivity contribution in [2.45, 2.75) is 56.3 Å². The fraction of sp³-hybridized carbons (Fsp3) is 0.600. The van der Waals surface area contributed by atoms with Crippen LogP contribution in [0.15, 0.2) is 42.8 Å². The number of azide groups is 1. The number of aromatic nitrogens is 4.